The third kappa shape index (κ3) is 4.62. The van der Waals surface area contributed by atoms with E-state index in [2.05, 4.69) is 0 Å². The molecule has 1 aromatic carbocycles. The van der Waals surface area contributed by atoms with Gasteiger partial charge in [0.2, 0.25) is 0 Å². The zero-order valence-corrected chi connectivity index (χ0v) is 16.4. The highest BCUT2D eigenvalue weighted by Gasteiger charge is 2.49. The third-order valence-electron chi connectivity index (χ3n) is 4.63. The quantitative estimate of drug-likeness (QED) is 0.748. The van der Waals surface area contributed by atoms with Crippen LogP contribution in [0.15, 0.2) is 30.3 Å². The van der Waals surface area contributed by atoms with Crippen LogP contribution in [0.3, 0.4) is 0 Å². The van der Waals surface area contributed by atoms with E-state index in [9.17, 15) is 9.59 Å². The molecule has 0 N–H and O–H groups in total. The summed E-state index contributed by atoms with van der Waals surface area (Å²) in [6.07, 6.45) is 0.258. The number of hydrogen-bond donors (Lipinski definition) is 0. The number of rotatable bonds is 5. The average Bonchev–Trinajstić information content (AvgIpc) is 2.57. The number of hydroxylamine groups is 2. The first-order valence-corrected chi connectivity index (χ1v) is 8.88. The number of carbonyl (C=O) groups is 2. The van der Waals surface area contributed by atoms with Gasteiger partial charge in [0, 0.05) is 23.9 Å². The normalized spacial score (nSPS) is 21.0. The molecule has 2 rings (SSSR count). The summed E-state index contributed by atoms with van der Waals surface area (Å²) in [5, 5.41) is 1.84. The highest BCUT2D eigenvalue weighted by atomic mass is 16.7. The Morgan fingerprint density at radius 3 is 2.12 bits per heavy atom. The summed E-state index contributed by atoms with van der Waals surface area (Å²) in [5.41, 5.74) is -0.307. The van der Waals surface area contributed by atoms with Crippen LogP contribution in [0.4, 0.5) is 0 Å². The molecule has 0 spiro atoms. The van der Waals surface area contributed by atoms with Crippen molar-refractivity contribution in [1.82, 2.24) is 5.06 Å². The lowest BCUT2D eigenvalue weighted by molar-refractivity contribution is -0.308. The molecule has 0 bridgehead atoms. The second kappa shape index (κ2) is 7.76. The fraction of sp³-hybridized carbons (Fsp3) is 0.600. The number of methoxy groups -OCH3 is 1. The van der Waals surface area contributed by atoms with E-state index in [1.165, 1.54) is 7.11 Å². The van der Waals surface area contributed by atoms with Crippen LogP contribution in [0, 0.1) is 0 Å². The number of hydrogen-bond acceptors (Lipinski definition) is 6. The molecule has 144 valence electrons. The van der Waals surface area contributed by atoms with E-state index in [0.717, 1.165) is 0 Å². The summed E-state index contributed by atoms with van der Waals surface area (Å²) < 4.78 is 10.5. The Bertz CT molecular complexity index is 623. The molecule has 1 heterocycles. The van der Waals surface area contributed by atoms with E-state index in [1.807, 2.05) is 51.0 Å². The number of carbonyl (C=O) groups excluding carboxylic acids is 2. The average molecular weight is 363 g/mol. The minimum absolute atomic E-state index is 0.235. The SMILES string of the molecule is COC(=O)C(C)ON1C(C)(C)CC(OC(=O)c2ccccc2)CC1(C)C. The van der Waals surface area contributed by atoms with Crippen molar-refractivity contribution in [3.05, 3.63) is 35.9 Å². The molecule has 1 aliphatic rings. The largest absolute Gasteiger partial charge is 0.467 e. The van der Waals surface area contributed by atoms with Crippen LogP contribution >= 0.6 is 0 Å². The lowest BCUT2D eigenvalue weighted by Crippen LogP contribution is -2.63. The van der Waals surface area contributed by atoms with Crippen LogP contribution in [0.5, 0.6) is 0 Å². The Labute approximate surface area is 155 Å². The maximum Gasteiger partial charge on any atom is 0.338 e. The van der Waals surface area contributed by atoms with Crippen molar-refractivity contribution in [2.45, 2.75) is 70.7 Å². The van der Waals surface area contributed by atoms with Gasteiger partial charge in [-0.05, 0) is 46.8 Å². The smallest absolute Gasteiger partial charge is 0.338 e. The van der Waals surface area contributed by atoms with Crippen LogP contribution in [0.1, 0.15) is 57.8 Å². The van der Waals surface area contributed by atoms with Crippen molar-refractivity contribution in [3.8, 4) is 0 Å². The molecule has 1 aliphatic heterocycles. The Morgan fingerprint density at radius 1 is 1.08 bits per heavy atom. The summed E-state index contributed by atoms with van der Waals surface area (Å²) in [4.78, 5) is 30.1. The van der Waals surface area contributed by atoms with Crippen LogP contribution < -0.4 is 0 Å². The molecule has 1 fully saturated rings. The number of nitrogens with zero attached hydrogens (tertiary/aromatic N) is 1. The zero-order valence-electron chi connectivity index (χ0n) is 16.4. The Balaban J connectivity index is 2.11. The number of piperidine rings is 1. The van der Waals surface area contributed by atoms with Gasteiger partial charge in [-0.3, -0.25) is 4.84 Å². The van der Waals surface area contributed by atoms with Gasteiger partial charge in [-0.1, -0.05) is 18.2 Å². The van der Waals surface area contributed by atoms with Crippen LogP contribution in [0.25, 0.3) is 0 Å². The molecule has 6 heteroatoms. The fourth-order valence-electron chi connectivity index (χ4n) is 3.70. The molecule has 0 aliphatic carbocycles. The number of esters is 2. The molecule has 26 heavy (non-hydrogen) atoms. The van der Waals surface area contributed by atoms with E-state index in [-0.39, 0.29) is 12.1 Å². The standard InChI is InChI=1S/C20H29NO5/c1-14(17(22)24-6)26-21-19(2,3)12-16(13-20(21,4)5)25-18(23)15-10-8-7-9-11-15/h7-11,14,16H,12-13H2,1-6H3. The summed E-state index contributed by atoms with van der Waals surface area (Å²) in [6, 6.07) is 8.98. The Morgan fingerprint density at radius 2 is 1.62 bits per heavy atom. The summed E-state index contributed by atoms with van der Waals surface area (Å²) in [5.74, 6) is -0.742. The molecule has 6 nitrogen and oxygen atoms in total. The fourth-order valence-corrected chi connectivity index (χ4v) is 3.70. The molecule has 0 aromatic heterocycles. The highest BCUT2D eigenvalue weighted by molar-refractivity contribution is 5.89. The minimum atomic E-state index is -0.707. The van der Waals surface area contributed by atoms with Crippen LogP contribution in [-0.2, 0) is 19.1 Å². The van der Waals surface area contributed by atoms with Gasteiger partial charge in [-0.25, -0.2) is 9.59 Å². The minimum Gasteiger partial charge on any atom is -0.467 e. The molecule has 0 amide bonds. The summed E-state index contributed by atoms with van der Waals surface area (Å²) >= 11 is 0. The van der Waals surface area contributed by atoms with Gasteiger partial charge >= 0.3 is 11.9 Å². The summed E-state index contributed by atoms with van der Waals surface area (Å²) in [6.45, 7) is 9.73. The molecule has 1 unspecified atom stereocenters. The molecule has 0 radical (unpaired) electrons. The second-order valence-corrected chi connectivity index (χ2v) is 7.99. The van der Waals surface area contributed by atoms with Crippen molar-refractivity contribution < 1.29 is 23.9 Å². The van der Waals surface area contributed by atoms with Crippen molar-refractivity contribution in [1.29, 1.82) is 0 Å². The molecule has 0 saturated carbocycles. The maximum absolute atomic E-state index is 12.4. The second-order valence-electron chi connectivity index (χ2n) is 7.99. The molecule has 1 aromatic rings. The monoisotopic (exact) mass is 363 g/mol. The van der Waals surface area contributed by atoms with E-state index >= 15 is 0 Å². The van der Waals surface area contributed by atoms with E-state index in [1.54, 1.807) is 19.1 Å². The molecular weight excluding hydrogens is 334 g/mol. The van der Waals surface area contributed by atoms with Crippen molar-refractivity contribution in [3.63, 3.8) is 0 Å². The van der Waals surface area contributed by atoms with Crippen LogP contribution in [0.2, 0.25) is 0 Å². The maximum atomic E-state index is 12.4. The van der Waals surface area contributed by atoms with Gasteiger partial charge in [0.15, 0.2) is 6.10 Å². The van der Waals surface area contributed by atoms with Crippen molar-refractivity contribution in [2.75, 3.05) is 7.11 Å². The highest BCUT2D eigenvalue weighted by Crippen LogP contribution is 2.40. The number of ether oxygens (including phenoxy) is 2. The first-order valence-electron chi connectivity index (χ1n) is 8.88. The lowest BCUT2D eigenvalue weighted by atomic mass is 9.80. The first kappa shape index (κ1) is 20.4. The van der Waals surface area contributed by atoms with Gasteiger partial charge in [-0.15, -0.1) is 0 Å². The first-order chi connectivity index (χ1) is 12.1. The van der Waals surface area contributed by atoms with Gasteiger partial charge in [0.1, 0.15) is 6.10 Å². The molecule has 1 saturated heterocycles. The molecular formula is C20H29NO5. The topological polar surface area (TPSA) is 65.1 Å². The van der Waals surface area contributed by atoms with Gasteiger partial charge in [0.25, 0.3) is 0 Å². The zero-order chi connectivity index (χ0) is 19.5. The van der Waals surface area contributed by atoms with E-state index in [0.29, 0.717) is 18.4 Å². The number of benzene rings is 1. The van der Waals surface area contributed by atoms with Crippen molar-refractivity contribution in [2.24, 2.45) is 0 Å². The third-order valence-corrected chi connectivity index (χ3v) is 4.63. The Kier molecular flexibility index (Phi) is 6.09. The Hall–Kier alpha value is -1.92. The predicted molar refractivity (Wildman–Crippen MR) is 97.4 cm³/mol. The predicted octanol–water partition coefficient (Wildman–Crippen LogP) is 3.36. The van der Waals surface area contributed by atoms with Gasteiger partial charge < -0.3 is 9.47 Å². The van der Waals surface area contributed by atoms with E-state index < -0.39 is 23.2 Å². The van der Waals surface area contributed by atoms with Gasteiger partial charge in [0.05, 0.1) is 12.7 Å². The summed E-state index contributed by atoms with van der Waals surface area (Å²) in [7, 11) is 1.34. The molecule has 1 atom stereocenters. The van der Waals surface area contributed by atoms with Crippen molar-refractivity contribution >= 4 is 11.9 Å². The lowest BCUT2D eigenvalue weighted by Gasteiger charge is -2.53. The van der Waals surface area contributed by atoms with Gasteiger partial charge in [-0.2, -0.15) is 5.06 Å². The van der Waals surface area contributed by atoms with Crippen LogP contribution in [-0.4, -0.2) is 47.4 Å². The van der Waals surface area contributed by atoms with E-state index in [4.69, 9.17) is 14.3 Å².